The zero-order valence-corrected chi connectivity index (χ0v) is 5.15. The fraction of sp³-hybridized carbons (Fsp3) is 0.500. The SMILES string of the molecule is FC1=C(Cl)CCS1. The van der Waals surface area contributed by atoms with Crippen molar-refractivity contribution in [3.63, 3.8) is 0 Å². The van der Waals surface area contributed by atoms with E-state index in [-0.39, 0.29) is 5.16 Å². The third-order valence-electron chi connectivity index (χ3n) is 0.764. The molecule has 0 radical (unpaired) electrons. The van der Waals surface area contributed by atoms with Crippen molar-refractivity contribution in [1.29, 1.82) is 0 Å². The van der Waals surface area contributed by atoms with Crippen LogP contribution in [0.4, 0.5) is 4.39 Å². The van der Waals surface area contributed by atoms with Crippen molar-refractivity contribution in [2.75, 3.05) is 5.75 Å². The maximum Gasteiger partial charge on any atom is 0.171 e. The van der Waals surface area contributed by atoms with E-state index >= 15 is 0 Å². The Morgan fingerprint density at radius 2 is 2.43 bits per heavy atom. The quantitative estimate of drug-likeness (QED) is 0.496. The summed E-state index contributed by atoms with van der Waals surface area (Å²) in [5, 5.41) is 0.201. The second-order valence-electron chi connectivity index (χ2n) is 1.28. The molecule has 1 heterocycles. The molecule has 0 saturated carbocycles. The third kappa shape index (κ3) is 1.10. The van der Waals surface area contributed by atoms with E-state index < -0.39 is 0 Å². The highest BCUT2D eigenvalue weighted by molar-refractivity contribution is 8.03. The van der Waals surface area contributed by atoms with Gasteiger partial charge in [0.15, 0.2) is 5.16 Å². The highest BCUT2D eigenvalue weighted by atomic mass is 35.5. The lowest BCUT2D eigenvalue weighted by Gasteiger charge is -1.78. The van der Waals surface area contributed by atoms with E-state index in [1.165, 1.54) is 11.8 Å². The highest BCUT2D eigenvalue weighted by Crippen LogP contribution is 2.33. The van der Waals surface area contributed by atoms with Crippen molar-refractivity contribution in [3.05, 3.63) is 10.2 Å². The number of halogens is 2. The van der Waals surface area contributed by atoms with Crippen LogP contribution < -0.4 is 0 Å². The first-order valence-electron chi connectivity index (χ1n) is 1.97. The molecule has 0 aromatic heterocycles. The average molecular weight is 139 g/mol. The first-order valence-corrected chi connectivity index (χ1v) is 3.34. The molecule has 0 amide bonds. The predicted octanol–water partition coefficient (Wildman–Crippen LogP) is 2.50. The largest absolute Gasteiger partial charge is 0.198 e. The molecule has 0 bridgehead atoms. The standard InChI is InChI=1S/C4H4ClFS/c5-3-1-2-7-4(3)6/h1-2H2. The Kier molecular flexibility index (Phi) is 1.60. The van der Waals surface area contributed by atoms with Gasteiger partial charge in [0.2, 0.25) is 0 Å². The Morgan fingerprint density at radius 3 is 2.57 bits per heavy atom. The van der Waals surface area contributed by atoms with E-state index in [1.54, 1.807) is 0 Å². The summed E-state index contributed by atoms with van der Waals surface area (Å²) in [5.41, 5.74) is 0. The summed E-state index contributed by atoms with van der Waals surface area (Å²) in [4.78, 5) is 0. The molecule has 1 rings (SSSR count). The highest BCUT2D eigenvalue weighted by Gasteiger charge is 2.11. The van der Waals surface area contributed by atoms with Crippen molar-refractivity contribution in [2.45, 2.75) is 6.42 Å². The predicted molar refractivity (Wildman–Crippen MR) is 31.1 cm³/mol. The molecule has 0 aromatic rings. The van der Waals surface area contributed by atoms with Crippen LogP contribution >= 0.6 is 23.4 Å². The van der Waals surface area contributed by atoms with E-state index in [9.17, 15) is 4.39 Å². The van der Waals surface area contributed by atoms with Crippen LogP contribution in [0.5, 0.6) is 0 Å². The van der Waals surface area contributed by atoms with Gasteiger partial charge in [-0.3, -0.25) is 0 Å². The summed E-state index contributed by atoms with van der Waals surface area (Å²) in [7, 11) is 0. The van der Waals surface area contributed by atoms with E-state index in [1.807, 2.05) is 0 Å². The summed E-state index contributed by atoms with van der Waals surface area (Å²) < 4.78 is 12.0. The first kappa shape index (κ1) is 5.45. The molecule has 7 heavy (non-hydrogen) atoms. The lowest BCUT2D eigenvalue weighted by atomic mass is 10.5. The summed E-state index contributed by atoms with van der Waals surface area (Å²) in [5.74, 6) is 0.810. The zero-order chi connectivity index (χ0) is 5.28. The van der Waals surface area contributed by atoms with Gasteiger partial charge in [-0.15, -0.1) is 0 Å². The Hall–Kier alpha value is 0.310. The summed E-state index contributed by atoms with van der Waals surface area (Å²) in [6.45, 7) is 0. The van der Waals surface area contributed by atoms with Crippen LogP contribution in [0.1, 0.15) is 6.42 Å². The number of thioether (sulfide) groups is 1. The minimum Gasteiger partial charge on any atom is -0.198 e. The Balaban J connectivity index is 2.64. The summed E-state index contributed by atoms with van der Waals surface area (Å²) in [6.07, 6.45) is 0.706. The van der Waals surface area contributed by atoms with Crippen LogP contribution in [0.15, 0.2) is 10.2 Å². The van der Waals surface area contributed by atoms with E-state index in [0.717, 1.165) is 5.75 Å². The Morgan fingerprint density at radius 1 is 1.71 bits per heavy atom. The fourth-order valence-electron chi connectivity index (χ4n) is 0.407. The number of hydrogen-bond donors (Lipinski definition) is 0. The van der Waals surface area contributed by atoms with Gasteiger partial charge in [-0.1, -0.05) is 23.4 Å². The molecule has 0 N–H and O–H groups in total. The van der Waals surface area contributed by atoms with Crippen molar-refractivity contribution in [2.24, 2.45) is 0 Å². The zero-order valence-electron chi connectivity index (χ0n) is 3.58. The lowest BCUT2D eigenvalue weighted by Crippen LogP contribution is -1.63. The smallest absolute Gasteiger partial charge is 0.171 e. The van der Waals surface area contributed by atoms with Gasteiger partial charge < -0.3 is 0 Å². The number of allylic oxidation sites excluding steroid dienone is 1. The van der Waals surface area contributed by atoms with E-state index in [0.29, 0.717) is 11.5 Å². The normalized spacial score (nSPS) is 21.4. The molecule has 0 fully saturated rings. The summed E-state index contributed by atoms with van der Waals surface area (Å²) in [6, 6.07) is 0. The van der Waals surface area contributed by atoms with Gasteiger partial charge in [0, 0.05) is 5.75 Å². The van der Waals surface area contributed by atoms with Crippen molar-refractivity contribution >= 4 is 23.4 Å². The van der Waals surface area contributed by atoms with Crippen LogP contribution in [0.25, 0.3) is 0 Å². The second kappa shape index (κ2) is 2.05. The van der Waals surface area contributed by atoms with Gasteiger partial charge in [-0.2, -0.15) is 4.39 Å². The van der Waals surface area contributed by atoms with Crippen LogP contribution in [0, 0.1) is 0 Å². The molecule has 0 nitrogen and oxygen atoms in total. The molecular weight excluding hydrogens is 135 g/mol. The molecule has 0 aliphatic carbocycles. The van der Waals surface area contributed by atoms with Crippen LogP contribution in [-0.2, 0) is 0 Å². The molecule has 0 unspecified atom stereocenters. The maximum atomic E-state index is 12.0. The topological polar surface area (TPSA) is 0 Å². The molecule has 0 atom stereocenters. The van der Waals surface area contributed by atoms with Crippen molar-refractivity contribution in [3.8, 4) is 0 Å². The van der Waals surface area contributed by atoms with Gasteiger partial charge in [-0.05, 0) is 6.42 Å². The van der Waals surface area contributed by atoms with E-state index in [4.69, 9.17) is 11.6 Å². The van der Waals surface area contributed by atoms with Crippen molar-refractivity contribution in [1.82, 2.24) is 0 Å². The van der Waals surface area contributed by atoms with Crippen LogP contribution in [0.2, 0.25) is 0 Å². The monoisotopic (exact) mass is 138 g/mol. The van der Waals surface area contributed by atoms with Gasteiger partial charge in [0.25, 0.3) is 0 Å². The summed E-state index contributed by atoms with van der Waals surface area (Å²) >= 11 is 6.53. The molecule has 1 aliphatic rings. The Bertz CT molecular complexity index is 98.3. The van der Waals surface area contributed by atoms with Gasteiger partial charge in [0.05, 0.1) is 5.03 Å². The molecule has 0 aromatic carbocycles. The van der Waals surface area contributed by atoms with Gasteiger partial charge >= 0.3 is 0 Å². The minimum atomic E-state index is -0.193. The third-order valence-corrected chi connectivity index (χ3v) is 2.14. The molecule has 1 aliphatic heterocycles. The minimum absolute atomic E-state index is 0.193. The number of rotatable bonds is 0. The number of hydrogen-bond acceptors (Lipinski definition) is 1. The second-order valence-corrected chi connectivity index (χ2v) is 2.79. The van der Waals surface area contributed by atoms with Crippen LogP contribution in [-0.4, -0.2) is 5.75 Å². The molecule has 0 spiro atoms. The van der Waals surface area contributed by atoms with Gasteiger partial charge in [-0.25, -0.2) is 0 Å². The van der Waals surface area contributed by atoms with Crippen molar-refractivity contribution < 1.29 is 4.39 Å². The lowest BCUT2D eigenvalue weighted by molar-refractivity contribution is 0.696. The molecule has 0 saturated heterocycles. The molecular formula is C4H4ClFS. The Labute approximate surface area is 50.7 Å². The maximum absolute atomic E-state index is 12.0. The average Bonchev–Trinajstić information content (AvgIpc) is 1.91. The first-order chi connectivity index (χ1) is 3.30. The molecule has 40 valence electrons. The van der Waals surface area contributed by atoms with E-state index in [2.05, 4.69) is 0 Å². The van der Waals surface area contributed by atoms with Gasteiger partial charge in [0.1, 0.15) is 0 Å². The van der Waals surface area contributed by atoms with Crippen LogP contribution in [0.3, 0.4) is 0 Å². The molecule has 3 heteroatoms. The fourth-order valence-corrected chi connectivity index (χ4v) is 1.52.